The number of nitrogens with one attached hydrogen (secondary N) is 3. The van der Waals surface area contributed by atoms with Gasteiger partial charge in [0.1, 0.15) is 6.17 Å². The number of carbonyl (C=O) groups excluding carboxylic acids is 1. The van der Waals surface area contributed by atoms with Crippen LogP contribution in [0.2, 0.25) is 0 Å². The Hall–Kier alpha value is -2.05. The first-order valence-corrected chi connectivity index (χ1v) is 9.87. The molecule has 0 bridgehead atoms. The molecule has 144 valence electrons. The molecule has 8 heteroatoms. The van der Waals surface area contributed by atoms with Gasteiger partial charge >= 0.3 is 0 Å². The molecule has 0 aliphatic rings. The van der Waals surface area contributed by atoms with Crippen molar-refractivity contribution in [2.24, 2.45) is 0 Å². The normalized spacial score (nSPS) is 12.2. The summed E-state index contributed by atoms with van der Waals surface area (Å²) in [5, 5.41) is 10.9. The molecule has 1 amide bonds. The molecule has 0 radical (unpaired) electrons. The van der Waals surface area contributed by atoms with Gasteiger partial charge < -0.3 is 16.0 Å². The van der Waals surface area contributed by atoms with Crippen LogP contribution >= 0.6 is 47.0 Å². The van der Waals surface area contributed by atoms with Crippen LogP contribution in [0.5, 0.6) is 0 Å². The topological polar surface area (TPSA) is 53.2 Å². The minimum absolute atomic E-state index is 0.209. The van der Waals surface area contributed by atoms with Gasteiger partial charge in [0, 0.05) is 16.6 Å². The molecule has 4 nitrogen and oxygen atoms in total. The van der Waals surface area contributed by atoms with E-state index in [0.29, 0.717) is 5.56 Å². The van der Waals surface area contributed by atoms with Gasteiger partial charge in [-0.3, -0.25) is 4.79 Å². The summed E-state index contributed by atoms with van der Waals surface area (Å²) in [5.74, 6) is -0.391. The fourth-order valence-electron chi connectivity index (χ4n) is 2.63. The third kappa shape index (κ3) is 5.26. The van der Waals surface area contributed by atoms with Crippen LogP contribution in [0.15, 0.2) is 72.8 Å². The highest BCUT2D eigenvalue weighted by Gasteiger charge is 2.34. The fraction of sp³-hybridized carbons (Fsp3) is 0.100. The molecule has 0 spiro atoms. The van der Waals surface area contributed by atoms with Crippen molar-refractivity contribution < 1.29 is 4.79 Å². The Morgan fingerprint density at radius 3 is 2.21 bits per heavy atom. The summed E-state index contributed by atoms with van der Waals surface area (Å²) in [5.41, 5.74) is 1.24. The van der Waals surface area contributed by atoms with E-state index in [4.69, 9.17) is 47.0 Å². The van der Waals surface area contributed by atoms with Crippen LogP contribution in [0.1, 0.15) is 10.4 Å². The first-order valence-electron chi connectivity index (χ1n) is 8.32. The van der Waals surface area contributed by atoms with Crippen molar-refractivity contribution in [1.82, 2.24) is 10.6 Å². The lowest BCUT2D eigenvalue weighted by atomic mass is 10.1. The predicted molar refractivity (Wildman–Crippen MR) is 121 cm³/mol. The number of thiocarbonyl (C=S) groups is 1. The molecule has 0 aliphatic heterocycles. The Morgan fingerprint density at radius 2 is 1.50 bits per heavy atom. The van der Waals surface area contributed by atoms with Gasteiger partial charge in [-0.15, -0.1) is 0 Å². The number of rotatable bonds is 4. The first-order chi connectivity index (χ1) is 13.3. The molecule has 0 aromatic heterocycles. The highest BCUT2D eigenvalue weighted by Crippen LogP contribution is 2.29. The molecule has 1 atom stereocenters. The van der Waals surface area contributed by atoms with Gasteiger partial charge in [0.25, 0.3) is 5.91 Å². The van der Waals surface area contributed by atoms with Crippen molar-refractivity contribution in [1.29, 1.82) is 0 Å². The molecule has 3 aromatic rings. The largest absolute Gasteiger partial charge is 0.339 e. The second-order valence-corrected chi connectivity index (χ2v) is 8.72. The Balaban J connectivity index is 1.74. The predicted octanol–water partition coefficient (Wildman–Crippen LogP) is 5.25. The highest BCUT2D eigenvalue weighted by molar-refractivity contribution is 7.80. The summed E-state index contributed by atoms with van der Waals surface area (Å²) in [7, 11) is 0. The molecular weight excluding hydrogens is 437 g/mol. The second kappa shape index (κ2) is 8.97. The molecule has 0 fully saturated rings. The van der Waals surface area contributed by atoms with E-state index in [1.165, 1.54) is 0 Å². The number of fused-ring (bicyclic) bond motifs is 1. The zero-order valence-electron chi connectivity index (χ0n) is 14.5. The minimum atomic E-state index is -1.82. The van der Waals surface area contributed by atoms with Crippen molar-refractivity contribution in [2.75, 3.05) is 5.32 Å². The molecule has 0 saturated carbocycles. The van der Waals surface area contributed by atoms with Crippen LogP contribution in [0, 0.1) is 0 Å². The van der Waals surface area contributed by atoms with Crippen molar-refractivity contribution in [2.45, 2.75) is 9.96 Å². The SMILES string of the molecule is O=C(N[C@H](NC(=S)Nc1cccc2ccccc12)C(Cl)(Cl)Cl)c1ccccc1. The summed E-state index contributed by atoms with van der Waals surface area (Å²) < 4.78 is -1.82. The average molecular weight is 453 g/mol. The number of carbonyl (C=O) groups is 1. The summed E-state index contributed by atoms with van der Waals surface area (Å²) in [6.45, 7) is 0. The van der Waals surface area contributed by atoms with Crippen LogP contribution in [0.4, 0.5) is 5.69 Å². The second-order valence-electron chi connectivity index (χ2n) is 5.94. The monoisotopic (exact) mass is 451 g/mol. The molecule has 28 heavy (non-hydrogen) atoms. The molecule has 3 aromatic carbocycles. The van der Waals surface area contributed by atoms with E-state index in [1.807, 2.05) is 48.5 Å². The van der Waals surface area contributed by atoms with Crippen molar-refractivity contribution in [3.63, 3.8) is 0 Å². The standard InChI is InChI=1S/C20H16Cl3N3OS/c21-20(22,23)18(25-17(27)14-8-2-1-3-9-14)26-19(28)24-16-12-6-10-13-7-4-5-11-15(13)16/h1-12,18H,(H,25,27)(H2,24,26,28)/t18-/m1/s1. The van der Waals surface area contributed by atoms with Crippen LogP contribution in [0.25, 0.3) is 10.8 Å². The van der Waals surface area contributed by atoms with Gasteiger partial charge in [0.2, 0.25) is 3.79 Å². The van der Waals surface area contributed by atoms with Gasteiger partial charge in [0.05, 0.1) is 0 Å². The van der Waals surface area contributed by atoms with Gasteiger partial charge in [-0.25, -0.2) is 0 Å². The Kier molecular flexibility index (Phi) is 6.62. The van der Waals surface area contributed by atoms with Crippen LogP contribution < -0.4 is 16.0 Å². The fourth-order valence-corrected chi connectivity index (χ4v) is 3.18. The molecular formula is C20H16Cl3N3OS. The zero-order chi connectivity index (χ0) is 20.1. The first kappa shape index (κ1) is 20.7. The van der Waals surface area contributed by atoms with E-state index in [1.54, 1.807) is 24.3 Å². The Bertz CT molecular complexity index is 987. The van der Waals surface area contributed by atoms with Gasteiger partial charge in [0.15, 0.2) is 5.11 Å². The molecule has 3 N–H and O–H groups in total. The quantitative estimate of drug-likeness (QED) is 0.287. The van der Waals surface area contributed by atoms with Crippen LogP contribution in [0.3, 0.4) is 0 Å². The Labute approximate surface area is 183 Å². The summed E-state index contributed by atoms with van der Waals surface area (Å²) in [4.78, 5) is 12.4. The lowest BCUT2D eigenvalue weighted by Crippen LogP contribution is -2.56. The maximum atomic E-state index is 12.4. The van der Waals surface area contributed by atoms with Crippen molar-refractivity contribution in [3.05, 3.63) is 78.4 Å². The highest BCUT2D eigenvalue weighted by atomic mass is 35.6. The number of hydrogen-bond donors (Lipinski definition) is 3. The lowest BCUT2D eigenvalue weighted by molar-refractivity contribution is 0.0934. The smallest absolute Gasteiger partial charge is 0.252 e. The van der Waals surface area contributed by atoms with E-state index in [0.717, 1.165) is 16.5 Å². The molecule has 0 aliphatic carbocycles. The van der Waals surface area contributed by atoms with Crippen molar-refractivity contribution >= 4 is 74.5 Å². The number of benzene rings is 3. The maximum Gasteiger partial charge on any atom is 0.252 e. The number of anilines is 1. The van der Waals surface area contributed by atoms with E-state index < -0.39 is 15.9 Å². The zero-order valence-corrected chi connectivity index (χ0v) is 17.5. The minimum Gasteiger partial charge on any atom is -0.339 e. The van der Waals surface area contributed by atoms with Crippen LogP contribution in [-0.4, -0.2) is 21.0 Å². The molecule has 0 unspecified atom stereocenters. The number of hydrogen-bond acceptors (Lipinski definition) is 2. The molecule has 0 heterocycles. The number of alkyl halides is 3. The van der Waals surface area contributed by atoms with E-state index in [9.17, 15) is 4.79 Å². The lowest BCUT2D eigenvalue weighted by Gasteiger charge is -2.28. The summed E-state index contributed by atoms with van der Waals surface area (Å²) in [6, 6.07) is 22.3. The van der Waals surface area contributed by atoms with Gasteiger partial charge in [-0.05, 0) is 35.8 Å². The number of amides is 1. The maximum absolute atomic E-state index is 12.4. The van der Waals surface area contributed by atoms with Gasteiger partial charge in [-0.1, -0.05) is 89.4 Å². The average Bonchev–Trinajstić information content (AvgIpc) is 2.67. The molecule has 3 rings (SSSR count). The van der Waals surface area contributed by atoms with Crippen molar-refractivity contribution in [3.8, 4) is 0 Å². The van der Waals surface area contributed by atoms with Gasteiger partial charge in [-0.2, -0.15) is 0 Å². The van der Waals surface area contributed by atoms with E-state index in [2.05, 4.69) is 16.0 Å². The third-order valence-corrected chi connectivity index (χ3v) is 4.83. The summed E-state index contributed by atoms with van der Waals surface area (Å²) in [6.07, 6.45) is -1.04. The number of halogens is 3. The van der Waals surface area contributed by atoms with Crippen LogP contribution in [-0.2, 0) is 0 Å². The Morgan fingerprint density at radius 1 is 0.857 bits per heavy atom. The third-order valence-electron chi connectivity index (χ3n) is 3.95. The molecule has 0 saturated heterocycles. The summed E-state index contributed by atoms with van der Waals surface area (Å²) >= 11 is 23.5. The van der Waals surface area contributed by atoms with E-state index in [-0.39, 0.29) is 5.11 Å². The van der Waals surface area contributed by atoms with E-state index >= 15 is 0 Å².